The normalized spacial score (nSPS) is 24.1. The first-order valence-corrected chi connectivity index (χ1v) is 6.94. The monoisotopic (exact) mass is 248 g/mol. The zero-order valence-electron chi connectivity index (χ0n) is 10.7. The Kier molecular flexibility index (Phi) is 3.12. The molecule has 1 aliphatic carbocycles. The molecule has 2 aliphatic rings. The Morgan fingerprint density at radius 1 is 1.17 bits per heavy atom. The summed E-state index contributed by atoms with van der Waals surface area (Å²) in [5.41, 5.74) is 7.31. The molecule has 0 spiro atoms. The first-order valence-electron chi connectivity index (χ1n) is 6.94. The minimum Gasteiger partial charge on any atom is -0.330 e. The van der Waals surface area contributed by atoms with Crippen molar-refractivity contribution < 1.29 is 4.39 Å². The first-order chi connectivity index (χ1) is 8.73. The predicted octanol–water partition coefficient (Wildman–Crippen LogP) is 2.28. The van der Waals surface area contributed by atoms with Crippen LogP contribution >= 0.6 is 0 Å². The number of nitrogens with zero attached hydrogens (tertiary/aromatic N) is 1. The highest BCUT2D eigenvalue weighted by Gasteiger charge is 2.39. The Morgan fingerprint density at radius 3 is 2.28 bits per heavy atom. The molecule has 1 aromatic carbocycles. The van der Waals surface area contributed by atoms with Crippen LogP contribution in [-0.4, -0.2) is 30.6 Å². The van der Waals surface area contributed by atoms with Crippen LogP contribution in [0.15, 0.2) is 24.3 Å². The van der Waals surface area contributed by atoms with Gasteiger partial charge in [-0.25, -0.2) is 4.39 Å². The Hall–Kier alpha value is -0.930. The third kappa shape index (κ3) is 2.17. The Balaban J connectivity index is 1.76. The van der Waals surface area contributed by atoms with Gasteiger partial charge in [0.15, 0.2) is 0 Å². The van der Waals surface area contributed by atoms with Crippen molar-refractivity contribution in [1.82, 2.24) is 4.90 Å². The van der Waals surface area contributed by atoms with Gasteiger partial charge in [-0.05, 0) is 56.5 Å². The fraction of sp³-hybridized carbons (Fsp3) is 0.600. The molecule has 0 radical (unpaired) electrons. The van der Waals surface area contributed by atoms with Crippen LogP contribution in [0.1, 0.15) is 31.2 Å². The predicted molar refractivity (Wildman–Crippen MR) is 71.0 cm³/mol. The van der Waals surface area contributed by atoms with E-state index >= 15 is 0 Å². The molecule has 1 saturated heterocycles. The highest BCUT2D eigenvalue weighted by Crippen LogP contribution is 2.38. The number of nitrogens with two attached hydrogens (primary N) is 1. The van der Waals surface area contributed by atoms with Crippen LogP contribution in [-0.2, 0) is 5.41 Å². The van der Waals surface area contributed by atoms with Crippen molar-refractivity contribution in [3.8, 4) is 0 Å². The van der Waals surface area contributed by atoms with Crippen LogP contribution in [0.25, 0.3) is 0 Å². The molecular weight excluding hydrogens is 227 g/mol. The summed E-state index contributed by atoms with van der Waals surface area (Å²) in [5.74, 6) is -0.165. The second kappa shape index (κ2) is 4.63. The van der Waals surface area contributed by atoms with Crippen molar-refractivity contribution in [2.45, 2.75) is 37.1 Å². The molecule has 1 aromatic rings. The summed E-state index contributed by atoms with van der Waals surface area (Å²) in [5, 5.41) is 0. The van der Waals surface area contributed by atoms with E-state index in [-0.39, 0.29) is 11.2 Å². The molecule has 1 saturated carbocycles. The standard InChI is InChI=1S/C15H21FN2/c16-13-3-1-12(2-4-13)15(11-17)7-9-18(10-8-15)14-5-6-14/h1-4,14H,5-11,17H2. The molecule has 2 fully saturated rings. The maximum atomic E-state index is 13.0. The van der Waals surface area contributed by atoms with Crippen LogP contribution < -0.4 is 5.73 Å². The number of halogens is 1. The van der Waals surface area contributed by atoms with E-state index in [9.17, 15) is 4.39 Å². The second-order valence-corrected chi connectivity index (χ2v) is 5.76. The van der Waals surface area contributed by atoms with Gasteiger partial charge in [-0.2, -0.15) is 0 Å². The number of hydrogen-bond donors (Lipinski definition) is 1. The summed E-state index contributed by atoms with van der Waals surface area (Å²) < 4.78 is 13.0. The van der Waals surface area contributed by atoms with Crippen LogP contribution in [0.5, 0.6) is 0 Å². The minimum atomic E-state index is -0.165. The lowest BCUT2D eigenvalue weighted by molar-refractivity contribution is 0.155. The molecule has 0 aromatic heterocycles. The molecule has 3 heteroatoms. The summed E-state index contributed by atoms with van der Waals surface area (Å²) in [6.45, 7) is 2.94. The van der Waals surface area contributed by atoms with Gasteiger partial charge in [0.1, 0.15) is 5.82 Å². The maximum absolute atomic E-state index is 13.0. The number of benzene rings is 1. The average Bonchev–Trinajstić information content (AvgIpc) is 3.24. The Labute approximate surface area is 108 Å². The van der Waals surface area contributed by atoms with Gasteiger partial charge in [0, 0.05) is 18.0 Å². The summed E-state index contributed by atoms with van der Waals surface area (Å²) in [7, 11) is 0. The van der Waals surface area contributed by atoms with E-state index in [0.717, 1.165) is 32.0 Å². The van der Waals surface area contributed by atoms with E-state index in [0.29, 0.717) is 6.54 Å². The number of hydrogen-bond acceptors (Lipinski definition) is 2. The average molecular weight is 248 g/mol. The smallest absolute Gasteiger partial charge is 0.123 e. The van der Waals surface area contributed by atoms with E-state index < -0.39 is 0 Å². The van der Waals surface area contributed by atoms with E-state index in [1.54, 1.807) is 12.1 Å². The minimum absolute atomic E-state index is 0.0685. The molecule has 18 heavy (non-hydrogen) atoms. The lowest BCUT2D eigenvalue weighted by Gasteiger charge is -2.41. The lowest BCUT2D eigenvalue weighted by Crippen LogP contribution is -2.47. The number of piperidine rings is 1. The highest BCUT2D eigenvalue weighted by atomic mass is 19.1. The van der Waals surface area contributed by atoms with Gasteiger partial charge in [-0.15, -0.1) is 0 Å². The molecule has 1 aliphatic heterocycles. The molecular formula is C15H21FN2. The fourth-order valence-corrected chi connectivity index (χ4v) is 3.17. The van der Waals surface area contributed by atoms with Crippen LogP contribution in [0.4, 0.5) is 4.39 Å². The number of likely N-dealkylation sites (tertiary alicyclic amines) is 1. The van der Waals surface area contributed by atoms with Gasteiger partial charge in [0.2, 0.25) is 0 Å². The van der Waals surface area contributed by atoms with Crippen LogP contribution in [0.3, 0.4) is 0 Å². The quantitative estimate of drug-likeness (QED) is 0.889. The zero-order valence-corrected chi connectivity index (χ0v) is 10.7. The van der Waals surface area contributed by atoms with Crippen LogP contribution in [0, 0.1) is 5.82 Å². The fourth-order valence-electron chi connectivity index (χ4n) is 3.17. The van der Waals surface area contributed by atoms with Gasteiger partial charge in [0.05, 0.1) is 0 Å². The zero-order chi connectivity index (χ0) is 12.6. The van der Waals surface area contributed by atoms with Crippen molar-refractivity contribution in [3.63, 3.8) is 0 Å². The topological polar surface area (TPSA) is 29.3 Å². The van der Waals surface area contributed by atoms with E-state index in [4.69, 9.17) is 5.73 Å². The van der Waals surface area contributed by atoms with Gasteiger partial charge >= 0.3 is 0 Å². The molecule has 1 heterocycles. The highest BCUT2D eigenvalue weighted by molar-refractivity contribution is 5.27. The van der Waals surface area contributed by atoms with E-state index in [1.165, 1.54) is 18.4 Å². The van der Waals surface area contributed by atoms with E-state index in [1.807, 2.05) is 12.1 Å². The summed E-state index contributed by atoms with van der Waals surface area (Å²) in [6.07, 6.45) is 4.94. The van der Waals surface area contributed by atoms with Crippen molar-refractivity contribution in [3.05, 3.63) is 35.6 Å². The van der Waals surface area contributed by atoms with Gasteiger partial charge in [-0.1, -0.05) is 12.1 Å². The SMILES string of the molecule is NCC1(c2ccc(F)cc2)CCN(C2CC2)CC1. The molecule has 2 N–H and O–H groups in total. The van der Waals surface area contributed by atoms with Gasteiger partial charge in [-0.3, -0.25) is 0 Å². The van der Waals surface area contributed by atoms with Crippen molar-refractivity contribution in [2.75, 3.05) is 19.6 Å². The Bertz CT molecular complexity index is 403. The summed E-state index contributed by atoms with van der Waals surface area (Å²) >= 11 is 0. The molecule has 98 valence electrons. The first kappa shape index (κ1) is 12.1. The molecule has 0 bridgehead atoms. The molecule has 2 nitrogen and oxygen atoms in total. The molecule has 3 rings (SSSR count). The molecule has 0 unspecified atom stereocenters. The third-order valence-corrected chi connectivity index (χ3v) is 4.67. The van der Waals surface area contributed by atoms with Gasteiger partial charge in [0.25, 0.3) is 0 Å². The van der Waals surface area contributed by atoms with Crippen molar-refractivity contribution in [1.29, 1.82) is 0 Å². The molecule has 0 amide bonds. The third-order valence-electron chi connectivity index (χ3n) is 4.67. The second-order valence-electron chi connectivity index (χ2n) is 5.76. The Morgan fingerprint density at radius 2 is 1.78 bits per heavy atom. The van der Waals surface area contributed by atoms with Gasteiger partial charge < -0.3 is 10.6 Å². The molecule has 0 atom stereocenters. The maximum Gasteiger partial charge on any atom is 0.123 e. The number of rotatable bonds is 3. The van der Waals surface area contributed by atoms with Crippen molar-refractivity contribution in [2.24, 2.45) is 5.73 Å². The summed E-state index contributed by atoms with van der Waals surface area (Å²) in [4.78, 5) is 2.59. The van der Waals surface area contributed by atoms with Crippen molar-refractivity contribution >= 4 is 0 Å². The largest absolute Gasteiger partial charge is 0.330 e. The van der Waals surface area contributed by atoms with E-state index in [2.05, 4.69) is 4.90 Å². The van der Waals surface area contributed by atoms with Crippen LogP contribution in [0.2, 0.25) is 0 Å². The summed E-state index contributed by atoms with van der Waals surface area (Å²) in [6, 6.07) is 7.78. The lowest BCUT2D eigenvalue weighted by atomic mass is 9.73.